The molecule has 0 aliphatic carbocycles. The molecule has 3 heteroatoms. The summed E-state index contributed by atoms with van der Waals surface area (Å²) in [6.45, 7) is 18.6. The average molecular weight is 438 g/mol. The van der Waals surface area contributed by atoms with Gasteiger partial charge in [0.15, 0.2) is 0 Å². The molecule has 0 amide bonds. The molecule has 0 aliphatic rings. The molecule has 0 fully saturated rings. The maximum atomic E-state index is 5.10. The van der Waals surface area contributed by atoms with Crippen molar-refractivity contribution >= 4 is 22.8 Å². The lowest BCUT2D eigenvalue weighted by Crippen LogP contribution is -2.08. The van der Waals surface area contributed by atoms with Gasteiger partial charge in [-0.05, 0) is 95.7 Å². The van der Waals surface area contributed by atoms with E-state index in [1.54, 1.807) is 0 Å². The van der Waals surface area contributed by atoms with Crippen LogP contribution in [0.4, 0.5) is 11.4 Å². The maximum Gasteiger partial charge on any atom is 0.0852 e. The van der Waals surface area contributed by atoms with Crippen LogP contribution in [0.15, 0.2) is 65.1 Å². The quantitative estimate of drug-likeness (QED) is 0.271. The Hall–Kier alpha value is -3.33. The van der Waals surface area contributed by atoms with Crippen LogP contribution in [0.3, 0.4) is 0 Å². The Morgan fingerprint density at radius 1 is 0.788 bits per heavy atom. The van der Waals surface area contributed by atoms with E-state index in [-0.39, 0.29) is 0 Å². The monoisotopic (exact) mass is 437 g/mol. The predicted molar refractivity (Wildman–Crippen MR) is 143 cm³/mol. The van der Waals surface area contributed by atoms with E-state index in [4.69, 9.17) is 15.0 Å². The molecule has 1 heterocycles. The van der Waals surface area contributed by atoms with Gasteiger partial charge in [0.2, 0.25) is 0 Å². The third-order valence-electron chi connectivity index (χ3n) is 5.80. The van der Waals surface area contributed by atoms with E-state index in [9.17, 15) is 0 Å². The van der Waals surface area contributed by atoms with E-state index < -0.39 is 0 Å². The van der Waals surface area contributed by atoms with Gasteiger partial charge in [0.05, 0.1) is 34.2 Å². The van der Waals surface area contributed by atoms with Gasteiger partial charge in [0, 0.05) is 0 Å². The van der Waals surface area contributed by atoms with E-state index in [0.29, 0.717) is 0 Å². The van der Waals surface area contributed by atoms with Gasteiger partial charge in [-0.15, -0.1) is 6.58 Å². The van der Waals surface area contributed by atoms with Crippen LogP contribution in [0.2, 0.25) is 0 Å². The first-order valence-corrected chi connectivity index (χ1v) is 11.6. The van der Waals surface area contributed by atoms with Crippen molar-refractivity contribution in [3.05, 3.63) is 99.9 Å². The lowest BCUT2D eigenvalue weighted by atomic mass is 10.0. The first kappa shape index (κ1) is 24.3. The molecule has 2 aromatic carbocycles. The third kappa shape index (κ3) is 5.92. The van der Waals surface area contributed by atoms with Gasteiger partial charge in [-0.2, -0.15) is 0 Å². The molecular formula is C30H35N3. The fourth-order valence-corrected chi connectivity index (χ4v) is 4.33. The molecule has 0 spiro atoms. The SMILES string of the molecule is C=CCCC(=Nc1c(C)cc(C)cc1C)c1cccc(C(C)=Nc2c(C)cc(C)cc2C)n1. The van der Waals surface area contributed by atoms with Crippen LogP contribution < -0.4 is 0 Å². The minimum Gasteiger partial charge on any atom is -0.251 e. The number of benzene rings is 2. The molecule has 33 heavy (non-hydrogen) atoms. The number of hydrogen-bond acceptors (Lipinski definition) is 3. The highest BCUT2D eigenvalue weighted by Crippen LogP contribution is 2.28. The number of pyridine rings is 1. The molecule has 0 atom stereocenters. The summed E-state index contributed by atoms with van der Waals surface area (Å²) in [6.07, 6.45) is 3.58. The van der Waals surface area contributed by atoms with Crippen molar-refractivity contribution in [2.45, 2.75) is 61.3 Å². The molecule has 170 valence electrons. The fraction of sp³-hybridized carbons (Fsp3) is 0.300. The van der Waals surface area contributed by atoms with Crippen molar-refractivity contribution in [1.82, 2.24) is 4.98 Å². The number of hydrogen-bond donors (Lipinski definition) is 0. The van der Waals surface area contributed by atoms with Gasteiger partial charge in [-0.3, -0.25) is 9.98 Å². The van der Waals surface area contributed by atoms with E-state index in [1.807, 2.05) is 31.2 Å². The molecule has 3 aromatic rings. The fourth-order valence-electron chi connectivity index (χ4n) is 4.33. The van der Waals surface area contributed by atoms with Crippen LogP contribution in [0, 0.1) is 41.5 Å². The Morgan fingerprint density at radius 3 is 1.79 bits per heavy atom. The summed E-state index contributed by atoms with van der Waals surface area (Å²) in [5.74, 6) is 0. The van der Waals surface area contributed by atoms with Crippen LogP contribution in [0.25, 0.3) is 0 Å². The minimum absolute atomic E-state index is 0.791. The van der Waals surface area contributed by atoms with Gasteiger partial charge in [-0.25, -0.2) is 4.98 Å². The normalized spacial score (nSPS) is 12.2. The first-order valence-electron chi connectivity index (χ1n) is 11.6. The number of aliphatic imine (C=N–C) groups is 2. The molecule has 0 saturated carbocycles. The highest BCUT2D eigenvalue weighted by molar-refractivity contribution is 6.03. The molecule has 3 nitrogen and oxygen atoms in total. The molecule has 0 aliphatic heterocycles. The molecule has 0 N–H and O–H groups in total. The summed E-state index contributed by atoms with van der Waals surface area (Å²) >= 11 is 0. The second-order valence-corrected chi connectivity index (χ2v) is 8.99. The third-order valence-corrected chi connectivity index (χ3v) is 5.80. The molecule has 0 saturated heterocycles. The highest BCUT2D eigenvalue weighted by Gasteiger charge is 2.11. The smallest absolute Gasteiger partial charge is 0.0852 e. The van der Waals surface area contributed by atoms with Gasteiger partial charge in [-0.1, -0.05) is 47.5 Å². The van der Waals surface area contributed by atoms with Crippen LogP contribution in [0.1, 0.15) is 64.5 Å². The van der Waals surface area contributed by atoms with Crippen molar-refractivity contribution in [3.8, 4) is 0 Å². The zero-order valence-corrected chi connectivity index (χ0v) is 21.1. The van der Waals surface area contributed by atoms with Gasteiger partial charge >= 0.3 is 0 Å². The summed E-state index contributed by atoms with van der Waals surface area (Å²) in [5.41, 5.74) is 12.9. The van der Waals surface area contributed by atoms with E-state index in [2.05, 4.69) is 72.4 Å². The van der Waals surface area contributed by atoms with Crippen molar-refractivity contribution in [2.75, 3.05) is 0 Å². The Kier molecular flexibility index (Phi) is 7.75. The Balaban J connectivity index is 2.06. The zero-order valence-electron chi connectivity index (χ0n) is 21.1. The molecule has 0 radical (unpaired) electrons. The Labute approximate surface area is 199 Å². The summed E-state index contributed by atoms with van der Waals surface area (Å²) in [6, 6.07) is 14.8. The summed E-state index contributed by atoms with van der Waals surface area (Å²) < 4.78 is 0. The van der Waals surface area contributed by atoms with Crippen molar-refractivity contribution in [1.29, 1.82) is 0 Å². The van der Waals surface area contributed by atoms with E-state index in [0.717, 1.165) is 47.0 Å². The maximum absolute atomic E-state index is 5.10. The number of allylic oxidation sites excluding steroid dienone is 1. The minimum atomic E-state index is 0.791. The predicted octanol–water partition coefficient (Wildman–Crippen LogP) is 8.16. The summed E-state index contributed by atoms with van der Waals surface area (Å²) in [5, 5.41) is 0. The topological polar surface area (TPSA) is 37.6 Å². The number of aryl methyl sites for hydroxylation is 6. The van der Waals surface area contributed by atoms with Crippen LogP contribution in [-0.2, 0) is 0 Å². The summed E-state index contributed by atoms with van der Waals surface area (Å²) in [4.78, 5) is 15.0. The standard InChI is InChI=1S/C30H35N3/c1-9-10-12-28(33-30-23(6)17-20(3)18-24(30)7)27-14-11-13-26(32-27)25(8)31-29-21(4)15-19(2)16-22(29)5/h9,11,13-18H,1,10,12H2,2-8H3. The zero-order chi connectivity index (χ0) is 24.1. The van der Waals surface area contributed by atoms with Crippen LogP contribution in [0.5, 0.6) is 0 Å². The van der Waals surface area contributed by atoms with E-state index in [1.165, 1.54) is 33.4 Å². The molecule has 0 unspecified atom stereocenters. The van der Waals surface area contributed by atoms with Crippen molar-refractivity contribution in [3.63, 3.8) is 0 Å². The molecule has 1 aromatic heterocycles. The van der Waals surface area contributed by atoms with Crippen molar-refractivity contribution in [2.24, 2.45) is 9.98 Å². The van der Waals surface area contributed by atoms with Crippen molar-refractivity contribution < 1.29 is 0 Å². The second-order valence-electron chi connectivity index (χ2n) is 8.99. The second kappa shape index (κ2) is 10.5. The number of aromatic nitrogens is 1. The van der Waals surface area contributed by atoms with E-state index >= 15 is 0 Å². The first-order chi connectivity index (χ1) is 15.7. The van der Waals surface area contributed by atoms with Gasteiger partial charge < -0.3 is 0 Å². The number of rotatable bonds is 7. The average Bonchev–Trinajstić information content (AvgIpc) is 2.75. The lowest BCUT2D eigenvalue weighted by molar-refractivity contribution is 1.08. The molecular weight excluding hydrogens is 402 g/mol. The number of nitrogens with zero attached hydrogens (tertiary/aromatic N) is 3. The highest BCUT2D eigenvalue weighted by atomic mass is 14.8. The van der Waals surface area contributed by atoms with Gasteiger partial charge in [0.1, 0.15) is 0 Å². The molecule has 0 bridgehead atoms. The van der Waals surface area contributed by atoms with Crippen LogP contribution in [-0.4, -0.2) is 16.4 Å². The molecule has 3 rings (SSSR count). The van der Waals surface area contributed by atoms with Crippen LogP contribution >= 0.6 is 0 Å². The summed E-state index contributed by atoms with van der Waals surface area (Å²) in [7, 11) is 0. The largest absolute Gasteiger partial charge is 0.251 e. The van der Waals surface area contributed by atoms with Gasteiger partial charge in [0.25, 0.3) is 0 Å². The lowest BCUT2D eigenvalue weighted by Gasteiger charge is -2.12. The Morgan fingerprint density at radius 2 is 1.27 bits per heavy atom. The Bertz CT molecular complexity index is 1200.